The first kappa shape index (κ1) is 12.0. The maximum atomic E-state index is 11.5. The predicted molar refractivity (Wildman–Crippen MR) is 63.3 cm³/mol. The summed E-state index contributed by atoms with van der Waals surface area (Å²) in [5.41, 5.74) is 0.965. The van der Waals surface area contributed by atoms with Crippen molar-refractivity contribution in [2.24, 2.45) is 0 Å². The lowest BCUT2D eigenvalue weighted by molar-refractivity contribution is 0.0526. The first-order valence-electron chi connectivity index (χ1n) is 5.42. The van der Waals surface area contributed by atoms with Gasteiger partial charge in [0.25, 0.3) is 0 Å². The summed E-state index contributed by atoms with van der Waals surface area (Å²) in [7, 11) is 0. The number of hydrogen-bond acceptors (Lipinski definition) is 5. The third kappa shape index (κ3) is 2.45. The SMILES string of the molecule is CCOC(=O)c1cncc(-c2ccc(C=O)o2)c1. The molecule has 0 saturated carbocycles. The van der Waals surface area contributed by atoms with Gasteiger partial charge < -0.3 is 9.15 Å². The summed E-state index contributed by atoms with van der Waals surface area (Å²) < 4.78 is 10.1. The van der Waals surface area contributed by atoms with E-state index in [4.69, 9.17) is 9.15 Å². The Labute approximate surface area is 103 Å². The molecule has 0 N–H and O–H groups in total. The molecule has 0 radical (unpaired) electrons. The fraction of sp³-hybridized carbons (Fsp3) is 0.154. The van der Waals surface area contributed by atoms with Gasteiger partial charge in [-0.05, 0) is 25.1 Å². The van der Waals surface area contributed by atoms with Crippen LogP contribution < -0.4 is 0 Å². The van der Waals surface area contributed by atoms with Crippen molar-refractivity contribution in [3.63, 3.8) is 0 Å². The van der Waals surface area contributed by atoms with Crippen LogP contribution in [0.25, 0.3) is 11.3 Å². The highest BCUT2D eigenvalue weighted by Crippen LogP contribution is 2.21. The van der Waals surface area contributed by atoms with Gasteiger partial charge in [-0.1, -0.05) is 0 Å². The van der Waals surface area contributed by atoms with Gasteiger partial charge in [-0.3, -0.25) is 9.78 Å². The van der Waals surface area contributed by atoms with Gasteiger partial charge >= 0.3 is 5.97 Å². The van der Waals surface area contributed by atoms with Crippen molar-refractivity contribution in [1.82, 2.24) is 4.98 Å². The Morgan fingerprint density at radius 3 is 2.94 bits per heavy atom. The number of esters is 1. The van der Waals surface area contributed by atoms with Crippen LogP contribution in [0.5, 0.6) is 0 Å². The average Bonchev–Trinajstić information content (AvgIpc) is 2.88. The normalized spacial score (nSPS) is 10.1. The Kier molecular flexibility index (Phi) is 3.52. The van der Waals surface area contributed by atoms with Gasteiger partial charge in [0.1, 0.15) is 5.76 Å². The zero-order valence-corrected chi connectivity index (χ0v) is 9.75. The van der Waals surface area contributed by atoms with E-state index in [1.807, 2.05) is 0 Å². The van der Waals surface area contributed by atoms with Crippen LogP contribution >= 0.6 is 0 Å². The molecule has 18 heavy (non-hydrogen) atoms. The van der Waals surface area contributed by atoms with Crippen molar-refractivity contribution in [2.75, 3.05) is 6.61 Å². The predicted octanol–water partition coefficient (Wildman–Crippen LogP) is 2.33. The lowest BCUT2D eigenvalue weighted by Crippen LogP contribution is -2.05. The molecule has 2 aromatic heterocycles. The fourth-order valence-electron chi connectivity index (χ4n) is 1.47. The highest BCUT2D eigenvalue weighted by Gasteiger charge is 2.10. The molecule has 0 atom stereocenters. The molecule has 5 heteroatoms. The number of ether oxygens (including phenoxy) is 1. The summed E-state index contributed by atoms with van der Waals surface area (Å²) in [4.78, 5) is 26.0. The van der Waals surface area contributed by atoms with Crippen molar-refractivity contribution >= 4 is 12.3 Å². The highest BCUT2D eigenvalue weighted by atomic mass is 16.5. The number of carbonyl (C=O) groups excluding carboxylic acids is 2. The molecular formula is C13H11NO4. The number of hydrogen-bond donors (Lipinski definition) is 0. The number of carbonyl (C=O) groups is 2. The van der Waals surface area contributed by atoms with Gasteiger partial charge in [-0.15, -0.1) is 0 Å². The fourth-order valence-corrected chi connectivity index (χ4v) is 1.47. The topological polar surface area (TPSA) is 69.4 Å². The summed E-state index contributed by atoms with van der Waals surface area (Å²) in [6, 6.07) is 4.81. The number of nitrogens with zero attached hydrogens (tertiary/aromatic N) is 1. The minimum absolute atomic E-state index is 0.228. The van der Waals surface area contributed by atoms with Crippen LogP contribution in [0.4, 0.5) is 0 Å². The van der Waals surface area contributed by atoms with Crippen molar-refractivity contribution in [1.29, 1.82) is 0 Å². The van der Waals surface area contributed by atoms with Crippen molar-refractivity contribution in [3.8, 4) is 11.3 Å². The van der Waals surface area contributed by atoms with Crippen LogP contribution in [0, 0.1) is 0 Å². The Morgan fingerprint density at radius 2 is 2.28 bits per heavy atom. The molecule has 5 nitrogen and oxygen atoms in total. The summed E-state index contributed by atoms with van der Waals surface area (Å²) >= 11 is 0. The molecule has 0 aliphatic rings. The molecule has 0 amide bonds. The first-order chi connectivity index (χ1) is 8.74. The van der Waals surface area contributed by atoms with Gasteiger partial charge in [0.2, 0.25) is 0 Å². The van der Waals surface area contributed by atoms with Crippen molar-refractivity contribution < 1.29 is 18.7 Å². The average molecular weight is 245 g/mol. The van der Waals surface area contributed by atoms with Gasteiger partial charge in [-0.2, -0.15) is 0 Å². The quantitative estimate of drug-likeness (QED) is 0.610. The maximum Gasteiger partial charge on any atom is 0.339 e. The number of pyridine rings is 1. The standard InChI is InChI=1S/C13H11NO4/c1-2-17-13(16)10-5-9(6-14-7-10)12-4-3-11(8-15)18-12/h3-8H,2H2,1H3. The van der Waals surface area contributed by atoms with Crippen LogP contribution in [0.1, 0.15) is 27.8 Å². The Morgan fingerprint density at radius 1 is 1.44 bits per heavy atom. The van der Waals surface area contributed by atoms with E-state index in [2.05, 4.69) is 4.98 Å². The molecule has 2 heterocycles. The second-order valence-corrected chi connectivity index (χ2v) is 3.50. The zero-order chi connectivity index (χ0) is 13.0. The second kappa shape index (κ2) is 5.27. The number of rotatable bonds is 4. The Balaban J connectivity index is 2.31. The molecule has 0 spiro atoms. The van der Waals surface area contributed by atoms with Crippen molar-refractivity contribution in [2.45, 2.75) is 6.92 Å². The van der Waals surface area contributed by atoms with Crippen LogP contribution in [0.15, 0.2) is 35.0 Å². The van der Waals surface area contributed by atoms with E-state index in [-0.39, 0.29) is 5.76 Å². The number of furan rings is 1. The summed E-state index contributed by atoms with van der Waals surface area (Å²) in [6.45, 7) is 2.04. The number of aromatic nitrogens is 1. The Bertz CT molecular complexity index is 574. The molecule has 0 bridgehead atoms. The molecule has 92 valence electrons. The third-order valence-corrected chi connectivity index (χ3v) is 2.28. The summed E-state index contributed by atoms with van der Waals surface area (Å²) in [5.74, 6) is 0.274. The lowest BCUT2D eigenvalue weighted by atomic mass is 10.1. The van der Waals surface area contributed by atoms with E-state index in [0.717, 1.165) is 0 Å². The summed E-state index contributed by atoms with van der Waals surface area (Å²) in [6.07, 6.45) is 3.59. The first-order valence-corrected chi connectivity index (χ1v) is 5.42. The van der Waals surface area contributed by atoms with Gasteiger partial charge in [0.15, 0.2) is 12.0 Å². The van der Waals surface area contributed by atoms with E-state index in [0.29, 0.717) is 29.8 Å². The van der Waals surface area contributed by atoms with Gasteiger partial charge in [0, 0.05) is 18.0 Å². The minimum atomic E-state index is -0.436. The van der Waals surface area contributed by atoms with Crippen LogP contribution in [0.2, 0.25) is 0 Å². The van der Waals surface area contributed by atoms with Crippen LogP contribution in [0.3, 0.4) is 0 Å². The van der Waals surface area contributed by atoms with Gasteiger partial charge in [0.05, 0.1) is 12.2 Å². The van der Waals surface area contributed by atoms with E-state index < -0.39 is 5.97 Å². The molecule has 0 aliphatic carbocycles. The maximum absolute atomic E-state index is 11.5. The largest absolute Gasteiger partial charge is 0.462 e. The lowest BCUT2D eigenvalue weighted by Gasteiger charge is -2.02. The zero-order valence-electron chi connectivity index (χ0n) is 9.75. The van der Waals surface area contributed by atoms with E-state index >= 15 is 0 Å². The molecule has 0 unspecified atom stereocenters. The van der Waals surface area contributed by atoms with E-state index in [1.165, 1.54) is 6.20 Å². The molecule has 0 saturated heterocycles. The molecule has 0 fully saturated rings. The molecule has 0 aliphatic heterocycles. The monoisotopic (exact) mass is 245 g/mol. The second-order valence-electron chi connectivity index (χ2n) is 3.50. The van der Waals surface area contributed by atoms with Gasteiger partial charge in [-0.25, -0.2) is 4.79 Å². The van der Waals surface area contributed by atoms with Crippen LogP contribution in [-0.2, 0) is 4.74 Å². The Hall–Kier alpha value is -2.43. The molecular weight excluding hydrogens is 234 g/mol. The highest BCUT2D eigenvalue weighted by molar-refractivity contribution is 5.90. The smallest absolute Gasteiger partial charge is 0.339 e. The summed E-state index contributed by atoms with van der Waals surface area (Å²) in [5, 5.41) is 0. The molecule has 0 aromatic carbocycles. The molecule has 2 aromatic rings. The molecule has 2 rings (SSSR count). The van der Waals surface area contributed by atoms with Crippen LogP contribution in [-0.4, -0.2) is 23.8 Å². The third-order valence-electron chi connectivity index (χ3n) is 2.28. The number of aldehydes is 1. The minimum Gasteiger partial charge on any atom is -0.462 e. The van der Waals surface area contributed by atoms with E-state index in [1.54, 1.807) is 31.3 Å². The van der Waals surface area contributed by atoms with Crippen molar-refractivity contribution in [3.05, 3.63) is 41.9 Å². The van der Waals surface area contributed by atoms with E-state index in [9.17, 15) is 9.59 Å².